The van der Waals surface area contributed by atoms with Crippen molar-refractivity contribution in [1.29, 1.82) is 0 Å². The van der Waals surface area contributed by atoms with Gasteiger partial charge in [0, 0.05) is 6.20 Å². The zero-order chi connectivity index (χ0) is 5.98. The monoisotopic (exact) mass is 110 g/mol. The molecule has 1 rings (SSSR count). The molecule has 0 atom stereocenters. The highest BCUT2D eigenvalue weighted by molar-refractivity contribution is 5.14. The van der Waals surface area contributed by atoms with E-state index in [0.717, 1.165) is 5.56 Å². The van der Waals surface area contributed by atoms with Crippen LogP contribution in [-0.2, 0) is 0 Å². The van der Waals surface area contributed by atoms with Crippen molar-refractivity contribution in [3.8, 4) is 5.88 Å². The van der Waals surface area contributed by atoms with E-state index in [1.807, 2.05) is 13.0 Å². The minimum atomic E-state index is 0.329. The van der Waals surface area contributed by atoms with Gasteiger partial charge in [-0.3, -0.25) is 0 Å². The maximum absolute atomic E-state index is 6.98. The summed E-state index contributed by atoms with van der Waals surface area (Å²) in [4.78, 5) is 3.75. The van der Waals surface area contributed by atoms with Gasteiger partial charge in [0.25, 0.3) is 0 Å². The van der Waals surface area contributed by atoms with E-state index in [2.05, 4.69) is 4.98 Å². The zero-order valence-corrected chi connectivity index (χ0v) is 4.68. The predicted molar refractivity (Wildman–Crippen MR) is 32.0 cm³/mol. The van der Waals surface area contributed by atoms with Gasteiger partial charge in [0.15, 0.2) is 0 Å². The summed E-state index contributed by atoms with van der Waals surface area (Å²) in [5.74, 6) is 0.329. The second-order valence-electron chi connectivity index (χ2n) is 1.72. The largest absolute Gasteiger partial charge is 0.579 e. The van der Waals surface area contributed by atoms with Crippen LogP contribution < -0.4 is 0 Å². The lowest BCUT2D eigenvalue weighted by molar-refractivity contribution is 0.453. The van der Waals surface area contributed by atoms with Crippen LogP contribution in [0, 0.1) is 6.92 Å². The van der Waals surface area contributed by atoms with Crippen LogP contribution in [0.1, 0.15) is 5.56 Å². The van der Waals surface area contributed by atoms with E-state index < -0.39 is 0 Å². The Bertz CT molecular complexity index is 147. The van der Waals surface area contributed by atoms with Crippen molar-refractivity contribution in [2.45, 2.75) is 6.92 Å². The molecule has 1 aromatic rings. The van der Waals surface area contributed by atoms with Gasteiger partial charge >= 0.3 is 5.88 Å². The van der Waals surface area contributed by atoms with Gasteiger partial charge in [-0.1, -0.05) is 0 Å². The molecule has 0 saturated carbocycles. The molecule has 0 saturated heterocycles. The SMILES string of the molecule is Cc1ccc([OH2+])nc1. The Morgan fingerprint density at radius 3 is 2.62 bits per heavy atom. The standard InChI is InChI=1S/C6H7NO/c1-5-2-3-6(8)7-4-5/h2-4H,1H3,(H,7,8)/p+1. The normalized spacial score (nSPS) is 9.12. The van der Waals surface area contributed by atoms with Crippen LogP contribution in [0.15, 0.2) is 18.3 Å². The first-order valence-electron chi connectivity index (χ1n) is 2.43. The number of aromatic nitrogens is 1. The second kappa shape index (κ2) is 1.82. The maximum atomic E-state index is 6.98. The summed E-state index contributed by atoms with van der Waals surface area (Å²) in [6, 6.07) is 3.55. The van der Waals surface area contributed by atoms with E-state index in [-0.39, 0.29) is 0 Å². The fourth-order valence-electron chi connectivity index (χ4n) is 0.468. The summed E-state index contributed by atoms with van der Waals surface area (Å²) >= 11 is 0. The minimum absolute atomic E-state index is 0.329. The number of rotatable bonds is 0. The summed E-state index contributed by atoms with van der Waals surface area (Å²) in [6.07, 6.45) is 1.68. The van der Waals surface area contributed by atoms with Crippen molar-refractivity contribution >= 4 is 0 Å². The molecule has 0 amide bonds. The fraction of sp³-hybridized carbons (Fsp3) is 0.167. The lowest BCUT2D eigenvalue weighted by Gasteiger charge is -1.85. The quantitative estimate of drug-likeness (QED) is 0.455. The van der Waals surface area contributed by atoms with Crippen LogP contribution in [-0.4, -0.2) is 10.1 Å². The lowest BCUT2D eigenvalue weighted by atomic mass is 10.3. The Morgan fingerprint density at radius 2 is 2.25 bits per heavy atom. The third kappa shape index (κ3) is 0.964. The molecular weight excluding hydrogens is 102 g/mol. The highest BCUT2D eigenvalue weighted by atomic mass is 16.3. The average molecular weight is 110 g/mol. The lowest BCUT2D eigenvalue weighted by Crippen LogP contribution is -1.73. The van der Waals surface area contributed by atoms with Gasteiger partial charge in [-0.15, -0.1) is 0 Å². The number of aryl methyl sites for hydroxylation is 1. The Balaban J connectivity index is 3.03. The van der Waals surface area contributed by atoms with Gasteiger partial charge in [0.1, 0.15) is 0 Å². The van der Waals surface area contributed by atoms with Crippen molar-refractivity contribution in [2.24, 2.45) is 0 Å². The van der Waals surface area contributed by atoms with E-state index in [4.69, 9.17) is 5.11 Å². The highest BCUT2D eigenvalue weighted by Gasteiger charge is 1.88. The molecule has 0 radical (unpaired) electrons. The van der Waals surface area contributed by atoms with Gasteiger partial charge in [-0.05, 0) is 18.6 Å². The van der Waals surface area contributed by atoms with Gasteiger partial charge < -0.3 is 5.11 Å². The van der Waals surface area contributed by atoms with Crippen LogP contribution in [0.4, 0.5) is 0 Å². The van der Waals surface area contributed by atoms with Crippen LogP contribution in [0.2, 0.25) is 0 Å². The van der Waals surface area contributed by atoms with Crippen LogP contribution in [0.25, 0.3) is 0 Å². The van der Waals surface area contributed by atoms with E-state index in [1.165, 1.54) is 0 Å². The molecule has 2 nitrogen and oxygen atoms in total. The molecule has 2 N–H and O–H groups in total. The summed E-state index contributed by atoms with van der Waals surface area (Å²) in [6.45, 7) is 1.95. The van der Waals surface area contributed by atoms with Crippen molar-refractivity contribution in [3.63, 3.8) is 0 Å². The van der Waals surface area contributed by atoms with E-state index in [9.17, 15) is 0 Å². The number of hydrogen-bond acceptors (Lipinski definition) is 1. The molecule has 0 fully saturated rings. The van der Waals surface area contributed by atoms with E-state index in [0.29, 0.717) is 5.88 Å². The molecular formula is C6H8NO+. The van der Waals surface area contributed by atoms with E-state index in [1.54, 1.807) is 12.3 Å². The van der Waals surface area contributed by atoms with E-state index >= 15 is 0 Å². The average Bonchev–Trinajstić information content (AvgIpc) is 1.77. The smallest absolute Gasteiger partial charge is 0.356 e. The first kappa shape index (κ1) is 5.09. The second-order valence-corrected chi connectivity index (χ2v) is 1.72. The zero-order valence-electron chi connectivity index (χ0n) is 4.68. The molecule has 0 aromatic carbocycles. The summed E-state index contributed by atoms with van der Waals surface area (Å²) in [5.41, 5.74) is 1.10. The molecule has 8 heavy (non-hydrogen) atoms. The first-order chi connectivity index (χ1) is 3.79. The van der Waals surface area contributed by atoms with Gasteiger partial charge in [0.2, 0.25) is 0 Å². The first-order valence-corrected chi connectivity index (χ1v) is 2.43. The molecule has 0 aliphatic carbocycles. The number of nitrogens with zero attached hydrogens (tertiary/aromatic N) is 1. The van der Waals surface area contributed by atoms with Gasteiger partial charge in [-0.25, -0.2) is 0 Å². The highest BCUT2D eigenvalue weighted by Crippen LogP contribution is 2.01. The molecule has 1 aromatic heterocycles. The molecule has 2 heteroatoms. The number of hydrogen-bond donors (Lipinski definition) is 0. The molecule has 0 aliphatic rings. The summed E-state index contributed by atoms with van der Waals surface area (Å²) in [7, 11) is 0. The van der Waals surface area contributed by atoms with Gasteiger partial charge in [-0.2, -0.15) is 4.98 Å². The fourth-order valence-corrected chi connectivity index (χ4v) is 0.468. The summed E-state index contributed by atoms with van der Waals surface area (Å²) < 4.78 is 0. The predicted octanol–water partition coefficient (Wildman–Crippen LogP) is 0.828. The topological polar surface area (TPSA) is 35.8 Å². The molecule has 1 heterocycles. The molecule has 0 unspecified atom stereocenters. The molecule has 42 valence electrons. The Labute approximate surface area is 47.8 Å². The van der Waals surface area contributed by atoms with Crippen molar-refractivity contribution in [3.05, 3.63) is 23.9 Å². The number of pyridine rings is 1. The van der Waals surface area contributed by atoms with Crippen LogP contribution >= 0.6 is 0 Å². The molecule has 0 spiro atoms. The van der Waals surface area contributed by atoms with Crippen molar-refractivity contribution in [1.82, 2.24) is 4.98 Å². The van der Waals surface area contributed by atoms with Gasteiger partial charge in [0.05, 0.1) is 6.07 Å². The maximum Gasteiger partial charge on any atom is 0.356 e. The third-order valence-corrected chi connectivity index (χ3v) is 0.911. The Morgan fingerprint density at radius 1 is 1.50 bits per heavy atom. The minimum Gasteiger partial charge on any atom is -0.579 e. The molecule has 0 aliphatic heterocycles. The third-order valence-electron chi connectivity index (χ3n) is 0.911. The van der Waals surface area contributed by atoms with Crippen LogP contribution in [0.5, 0.6) is 5.88 Å². The van der Waals surface area contributed by atoms with Crippen LogP contribution in [0.3, 0.4) is 0 Å². The Kier molecular flexibility index (Phi) is 1.16. The Hall–Kier alpha value is -1.05. The van der Waals surface area contributed by atoms with Crippen molar-refractivity contribution in [2.75, 3.05) is 0 Å². The molecule has 0 bridgehead atoms. The summed E-state index contributed by atoms with van der Waals surface area (Å²) in [5, 5.41) is 6.98. The van der Waals surface area contributed by atoms with Crippen molar-refractivity contribution < 1.29 is 5.11 Å².